The predicted octanol–water partition coefficient (Wildman–Crippen LogP) is 3.23. The first-order chi connectivity index (χ1) is 10.5. The molecule has 0 aliphatic rings. The number of hydrogen-bond acceptors (Lipinski definition) is 4. The lowest BCUT2D eigenvalue weighted by atomic mass is 10.2. The number of hydrogen-bond donors (Lipinski definition) is 1. The van der Waals surface area contributed by atoms with Crippen LogP contribution >= 0.6 is 0 Å². The molecule has 114 valence electrons. The average Bonchev–Trinajstić information content (AvgIpc) is 2.45. The lowest BCUT2D eigenvalue weighted by Crippen LogP contribution is -2.20. The van der Waals surface area contributed by atoms with E-state index >= 15 is 0 Å². The Hall–Kier alpha value is -2.89. The highest BCUT2D eigenvalue weighted by molar-refractivity contribution is 5.91. The monoisotopic (exact) mass is 300 g/mol. The van der Waals surface area contributed by atoms with Crippen LogP contribution in [0.4, 0.5) is 11.4 Å². The summed E-state index contributed by atoms with van der Waals surface area (Å²) in [4.78, 5) is 22.0. The van der Waals surface area contributed by atoms with Crippen LogP contribution < -0.4 is 10.1 Å². The molecule has 0 aromatic heterocycles. The molecule has 6 nitrogen and oxygen atoms in total. The molecule has 1 N–H and O–H groups in total. The van der Waals surface area contributed by atoms with E-state index in [4.69, 9.17) is 4.74 Å². The number of rotatable bonds is 5. The summed E-state index contributed by atoms with van der Waals surface area (Å²) < 4.78 is 5.40. The van der Waals surface area contributed by atoms with Gasteiger partial charge in [0.25, 0.3) is 11.6 Å². The Balaban J connectivity index is 1.95. The molecule has 2 aromatic rings. The minimum atomic E-state index is -0.471. The smallest absolute Gasteiger partial charge is 0.269 e. The van der Waals surface area contributed by atoms with E-state index < -0.39 is 4.92 Å². The summed E-state index contributed by atoms with van der Waals surface area (Å²) in [5.41, 5.74) is 2.35. The molecule has 0 atom stereocenters. The zero-order valence-corrected chi connectivity index (χ0v) is 12.3. The van der Waals surface area contributed by atoms with Crippen molar-refractivity contribution in [3.05, 3.63) is 63.7 Å². The molecule has 0 heterocycles. The van der Waals surface area contributed by atoms with E-state index in [1.54, 1.807) is 13.0 Å². The van der Waals surface area contributed by atoms with Crippen LogP contribution in [0.15, 0.2) is 42.5 Å². The number of nitro benzene ring substituents is 1. The summed E-state index contributed by atoms with van der Waals surface area (Å²) in [6.45, 7) is 3.47. The molecule has 1 amide bonds. The Bertz CT molecular complexity index is 713. The Morgan fingerprint density at radius 3 is 2.64 bits per heavy atom. The standard InChI is InChI=1S/C16H16N2O4/c1-11-4-3-5-13(8-11)17-16(19)10-22-15-7-6-14(18(20)21)9-12(15)2/h3-9H,10H2,1-2H3,(H,17,19). The number of carbonyl (C=O) groups is 1. The van der Waals surface area contributed by atoms with Gasteiger partial charge >= 0.3 is 0 Å². The number of nitro groups is 1. The van der Waals surface area contributed by atoms with Crippen LogP contribution in [0.3, 0.4) is 0 Å². The average molecular weight is 300 g/mol. The Kier molecular flexibility index (Phi) is 4.73. The van der Waals surface area contributed by atoms with Crippen LogP contribution in [-0.4, -0.2) is 17.4 Å². The van der Waals surface area contributed by atoms with E-state index in [1.807, 2.05) is 25.1 Å². The van der Waals surface area contributed by atoms with Crippen molar-refractivity contribution in [2.24, 2.45) is 0 Å². The molecule has 0 aliphatic carbocycles. The van der Waals surface area contributed by atoms with Gasteiger partial charge in [0, 0.05) is 17.8 Å². The number of anilines is 1. The minimum Gasteiger partial charge on any atom is -0.483 e. The second kappa shape index (κ2) is 6.71. The third-order valence-electron chi connectivity index (χ3n) is 3.03. The van der Waals surface area contributed by atoms with Crippen LogP contribution in [0.5, 0.6) is 5.75 Å². The van der Waals surface area contributed by atoms with Gasteiger partial charge in [0.2, 0.25) is 0 Å². The van der Waals surface area contributed by atoms with Crippen molar-refractivity contribution in [2.75, 3.05) is 11.9 Å². The van der Waals surface area contributed by atoms with Crippen LogP contribution in [0, 0.1) is 24.0 Å². The zero-order valence-electron chi connectivity index (χ0n) is 12.3. The number of aryl methyl sites for hydroxylation is 2. The van der Waals surface area contributed by atoms with Crippen LogP contribution in [0.1, 0.15) is 11.1 Å². The highest BCUT2D eigenvalue weighted by Crippen LogP contribution is 2.23. The molecule has 2 rings (SSSR count). The quantitative estimate of drug-likeness (QED) is 0.679. The zero-order chi connectivity index (χ0) is 16.1. The maximum Gasteiger partial charge on any atom is 0.269 e. The van der Waals surface area contributed by atoms with Gasteiger partial charge in [-0.3, -0.25) is 14.9 Å². The fraction of sp³-hybridized carbons (Fsp3) is 0.188. The van der Waals surface area contributed by atoms with Crippen molar-refractivity contribution in [1.82, 2.24) is 0 Å². The first-order valence-corrected chi connectivity index (χ1v) is 6.70. The molecule has 0 unspecified atom stereocenters. The minimum absolute atomic E-state index is 0.00550. The molecule has 0 bridgehead atoms. The van der Waals surface area contributed by atoms with Gasteiger partial charge in [-0.15, -0.1) is 0 Å². The van der Waals surface area contributed by atoms with Gasteiger partial charge in [-0.05, 0) is 43.2 Å². The number of ether oxygens (including phenoxy) is 1. The maximum atomic E-state index is 11.8. The summed E-state index contributed by atoms with van der Waals surface area (Å²) in [7, 11) is 0. The van der Waals surface area contributed by atoms with Gasteiger partial charge in [-0.1, -0.05) is 12.1 Å². The van der Waals surface area contributed by atoms with E-state index in [0.717, 1.165) is 5.56 Å². The highest BCUT2D eigenvalue weighted by atomic mass is 16.6. The van der Waals surface area contributed by atoms with Crippen LogP contribution in [0.2, 0.25) is 0 Å². The molecular formula is C16H16N2O4. The van der Waals surface area contributed by atoms with Gasteiger partial charge in [0.15, 0.2) is 6.61 Å². The van der Waals surface area contributed by atoms with Crippen molar-refractivity contribution < 1.29 is 14.5 Å². The predicted molar refractivity (Wildman–Crippen MR) is 83.1 cm³/mol. The van der Waals surface area contributed by atoms with Gasteiger partial charge in [0.05, 0.1) is 4.92 Å². The molecule has 0 radical (unpaired) electrons. The fourth-order valence-electron chi connectivity index (χ4n) is 1.97. The first-order valence-electron chi connectivity index (χ1n) is 6.70. The van der Waals surface area contributed by atoms with Crippen LogP contribution in [-0.2, 0) is 4.79 Å². The van der Waals surface area contributed by atoms with E-state index in [1.165, 1.54) is 18.2 Å². The van der Waals surface area contributed by atoms with Gasteiger partial charge < -0.3 is 10.1 Å². The van der Waals surface area contributed by atoms with Crippen molar-refractivity contribution in [3.8, 4) is 5.75 Å². The SMILES string of the molecule is Cc1cccc(NC(=O)COc2ccc([N+](=O)[O-])cc2C)c1. The largest absolute Gasteiger partial charge is 0.483 e. The molecule has 0 aliphatic heterocycles. The van der Waals surface area contributed by atoms with Crippen molar-refractivity contribution >= 4 is 17.3 Å². The summed E-state index contributed by atoms with van der Waals surface area (Å²) in [5, 5.41) is 13.4. The molecule has 0 spiro atoms. The molecule has 22 heavy (non-hydrogen) atoms. The number of benzene rings is 2. The van der Waals surface area contributed by atoms with Gasteiger partial charge in [0.1, 0.15) is 5.75 Å². The van der Waals surface area contributed by atoms with Gasteiger partial charge in [-0.25, -0.2) is 0 Å². The lowest BCUT2D eigenvalue weighted by molar-refractivity contribution is -0.384. The molecule has 2 aromatic carbocycles. The van der Waals surface area contributed by atoms with Crippen molar-refractivity contribution in [1.29, 1.82) is 0 Å². The first kappa shape index (κ1) is 15.5. The van der Waals surface area contributed by atoms with E-state index in [2.05, 4.69) is 5.32 Å². The molecular weight excluding hydrogens is 284 g/mol. The Morgan fingerprint density at radius 1 is 1.23 bits per heavy atom. The third-order valence-corrected chi connectivity index (χ3v) is 3.03. The van der Waals surface area contributed by atoms with E-state index in [-0.39, 0.29) is 18.2 Å². The van der Waals surface area contributed by atoms with Crippen molar-refractivity contribution in [3.63, 3.8) is 0 Å². The Labute approximate surface area is 127 Å². The normalized spacial score (nSPS) is 10.1. The summed E-state index contributed by atoms with van der Waals surface area (Å²) in [6.07, 6.45) is 0. The number of non-ortho nitro benzene ring substituents is 1. The number of amides is 1. The number of nitrogens with one attached hydrogen (secondary N) is 1. The highest BCUT2D eigenvalue weighted by Gasteiger charge is 2.10. The summed E-state index contributed by atoms with van der Waals surface area (Å²) in [5.74, 6) is 0.161. The van der Waals surface area contributed by atoms with E-state index in [0.29, 0.717) is 17.0 Å². The summed E-state index contributed by atoms with van der Waals surface area (Å²) in [6, 6.07) is 11.7. The lowest BCUT2D eigenvalue weighted by Gasteiger charge is -2.09. The number of carbonyl (C=O) groups excluding carboxylic acids is 1. The third kappa shape index (κ3) is 4.05. The topological polar surface area (TPSA) is 81.5 Å². The molecule has 6 heteroatoms. The maximum absolute atomic E-state index is 11.8. The Morgan fingerprint density at radius 2 is 2.00 bits per heavy atom. The molecule has 0 fully saturated rings. The molecule has 0 saturated carbocycles. The number of nitrogens with zero attached hydrogens (tertiary/aromatic N) is 1. The molecule has 0 saturated heterocycles. The second-order valence-electron chi connectivity index (χ2n) is 4.91. The summed E-state index contributed by atoms with van der Waals surface area (Å²) >= 11 is 0. The van der Waals surface area contributed by atoms with Crippen molar-refractivity contribution in [2.45, 2.75) is 13.8 Å². The fourth-order valence-corrected chi connectivity index (χ4v) is 1.97. The second-order valence-corrected chi connectivity index (χ2v) is 4.91. The van der Waals surface area contributed by atoms with Gasteiger partial charge in [-0.2, -0.15) is 0 Å². The van der Waals surface area contributed by atoms with E-state index in [9.17, 15) is 14.9 Å². The van der Waals surface area contributed by atoms with Crippen LogP contribution in [0.25, 0.3) is 0 Å².